The molecular formula is C10H12ClN5. The molecule has 6 heteroatoms. The van der Waals surface area contributed by atoms with Crippen LogP contribution in [0.2, 0.25) is 5.02 Å². The number of hydrogen-bond donors (Lipinski definition) is 1. The van der Waals surface area contributed by atoms with Crippen LogP contribution in [0.4, 0.5) is 5.82 Å². The van der Waals surface area contributed by atoms with Crippen molar-refractivity contribution in [3.05, 3.63) is 35.8 Å². The zero-order valence-electron chi connectivity index (χ0n) is 8.89. The minimum Gasteiger partial charge on any atom is -0.368 e. The first-order chi connectivity index (χ1) is 7.77. The number of halogens is 1. The maximum atomic E-state index is 5.91. The van der Waals surface area contributed by atoms with Crippen molar-refractivity contribution in [1.82, 2.24) is 19.5 Å². The smallest absolute Gasteiger partial charge is 0.148 e. The molecule has 16 heavy (non-hydrogen) atoms. The van der Waals surface area contributed by atoms with Gasteiger partial charge >= 0.3 is 0 Å². The van der Waals surface area contributed by atoms with E-state index in [4.69, 9.17) is 11.6 Å². The Morgan fingerprint density at radius 1 is 1.44 bits per heavy atom. The van der Waals surface area contributed by atoms with Crippen LogP contribution >= 0.6 is 11.6 Å². The van der Waals surface area contributed by atoms with E-state index >= 15 is 0 Å². The Kier molecular flexibility index (Phi) is 3.36. The molecule has 2 aromatic heterocycles. The molecule has 0 amide bonds. The van der Waals surface area contributed by atoms with E-state index in [1.54, 1.807) is 12.4 Å². The quantitative estimate of drug-likeness (QED) is 0.876. The highest BCUT2D eigenvalue weighted by molar-refractivity contribution is 6.32. The fourth-order valence-corrected chi connectivity index (χ4v) is 1.54. The molecular weight excluding hydrogens is 226 g/mol. The largest absolute Gasteiger partial charge is 0.368 e. The number of nitrogens with zero attached hydrogens (tertiary/aromatic N) is 4. The van der Waals surface area contributed by atoms with Crippen LogP contribution in [0.5, 0.6) is 0 Å². The van der Waals surface area contributed by atoms with E-state index in [0.717, 1.165) is 18.8 Å². The lowest BCUT2D eigenvalue weighted by Gasteiger charge is -2.06. The van der Waals surface area contributed by atoms with Crippen molar-refractivity contribution in [2.45, 2.75) is 6.42 Å². The Morgan fingerprint density at radius 3 is 3.00 bits per heavy atom. The number of hydrogen-bond acceptors (Lipinski definition) is 4. The van der Waals surface area contributed by atoms with Crippen molar-refractivity contribution in [2.75, 3.05) is 11.9 Å². The summed E-state index contributed by atoms with van der Waals surface area (Å²) in [6.07, 6.45) is 7.57. The maximum absolute atomic E-state index is 5.91. The van der Waals surface area contributed by atoms with Gasteiger partial charge in [-0.3, -0.25) is 0 Å². The van der Waals surface area contributed by atoms with Crippen molar-refractivity contribution in [3.63, 3.8) is 0 Å². The molecule has 0 aliphatic heterocycles. The molecule has 0 saturated carbocycles. The second-order valence-electron chi connectivity index (χ2n) is 3.35. The highest BCUT2D eigenvalue weighted by Gasteiger charge is 2.02. The molecule has 84 valence electrons. The van der Waals surface area contributed by atoms with Crippen LogP contribution in [0.15, 0.2) is 24.9 Å². The van der Waals surface area contributed by atoms with Gasteiger partial charge < -0.3 is 9.88 Å². The van der Waals surface area contributed by atoms with E-state index in [9.17, 15) is 0 Å². The molecule has 5 nitrogen and oxygen atoms in total. The second-order valence-corrected chi connectivity index (χ2v) is 3.76. The minimum atomic E-state index is 0.530. The Hall–Kier alpha value is -1.62. The van der Waals surface area contributed by atoms with Crippen molar-refractivity contribution in [1.29, 1.82) is 0 Å². The Morgan fingerprint density at radius 2 is 2.31 bits per heavy atom. The number of aryl methyl sites for hydroxylation is 1. The van der Waals surface area contributed by atoms with E-state index in [0.29, 0.717) is 10.8 Å². The van der Waals surface area contributed by atoms with Gasteiger partial charge in [0.25, 0.3) is 0 Å². The topological polar surface area (TPSA) is 55.6 Å². The standard InChI is InChI=1S/C10H12ClN5/c1-16-5-4-13-9(16)2-3-14-10-8(11)6-12-7-15-10/h4-7H,2-3H2,1H3,(H,12,14,15). The maximum Gasteiger partial charge on any atom is 0.148 e. The minimum absolute atomic E-state index is 0.530. The van der Waals surface area contributed by atoms with Crippen LogP contribution in [0.1, 0.15) is 5.82 Å². The third kappa shape index (κ3) is 2.49. The van der Waals surface area contributed by atoms with Gasteiger partial charge in [0.15, 0.2) is 0 Å². The molecule has 0 atom stereocenters. The summed E-state index contributed by atoms with van der Waals surface area (Å²) >= 11 is 5.91. The SMILES string of the molecule is Cn1ccnc1CCNc1ncncc1Cl. The van der Waals surface area contributed by atoms with Crippen LogP contribution in [0, 0.1) is 0 Å². The van der Waals surface area contributed by atoms with Gasteiger partial charge in [-0.15, -0.1) is 0 Å². The van der Waals surface area contributed by atoms with Crippen molar-refractivity contribution in [2.24, 2.45) is 7.05 Å². The number of aromatic nitrogens is 4. The van der Waals surface area contributed by atoms with Gasteiger partial charge in [-0.05, 0) is 0 Å². The third-order valence-corrected chi connectivity index (χ3v) is 2.51. The van der Waals surface area contributed by atoms with Crippen molar-refractivity contribution in [3.8, 4) is 0 Å². The van der Waals surface area contributed by atoms with Gasteiger partial charge in [-0.25, -0.2) is 15.0 Å². The molecule has 2 aromatic rings. The summed E-state index contributed by atoms with van der Waals surface area (Å²) in [5.74, 6) is 1.68. The molecule has 0 aromatic carbocycles. The first kappa shape index (κ1) is 10.9. The van der Waals surface area contributed by atoms with Crippen molar-refractivity contribution < 1.29 is 0 Å². The van der Waals surface area contributed by atoms with Crippen LogP contribution in [0.3, 0.4) is 0 Å². The van der Waals surface area contributed by atoms with Crippen LogP contribution in [-0.4, -0.2) is 26.1 Å². The first-order valence-corrected chi connectivity index (χ1v) is 5.31. The summed E-state index contributed by atoms with van der Waals surface area (Å²) in [6.45, 7) is 0.738. The molecule has 0 fully saturated rings. The average Bonchev–Trinajstić information content (AvgIpc) is 2.67. The Labute approximate surface area is 98.5 Å². The molecule has 0 aliphatic carbocycles. The second kappa shape index (κ2) is 4.94. The summed E-state index contributed by atoms with van der Waals surface area (Å²) in [6, 6.07) is 0. The predicted molar refractivity (Wildman–Crippen MR) is 62.4 cm³/mol. The monoisotopic (exact) mass is 237 g/mol. The van der Waals surface area contributed by atoms with E-state index in [-0.39, 0.29) is 0 Å². The summed E-state index contributed by atoms with van der Waals surface area (Å²) < 4.78 is 1.99. The first-order valence-electron chi connectivity index (χ1n) is 4.93. The molecule has 0 saturated heterocycles. The molecule has 0 aliphatic rings. The zero-order valence-corrected chi connectivity index (χ0v) is 9.65. The molecule has 2 heterocycles. The molecule has 0 radical (unpaired) electrons. The van der Waals surface area contributed by atoms with E-state index < -0.39 is 0 Å². The fourth-order valence-electron chi connectivity index (χ4n) is 1.37. The third-order valence-electron chi connectivity index (χ3n) is 2.23. The van der Waals surface area contributed by atoms with Crippen molar-refractivity contribution >= 4 is 17.4 Å². The number of nitrogens with one attached hydrogen (secondary N) is 1. The van der Waals surface area contributed by atoms with Crippen LogP contribution < -0.4 is 5.32 Å². The predicted octanol–water partition coefficient (Wildman–Crippen LogP) is 1.52. The van der Waals surface area contributed by atoms with Gasteiger partial charge in [0, 0.05) is 32.4 Å². The van der Waals surface area contributed by atoms with Gasteiger partial charge in [-0.2, -0.15) is 0 Å². The summed E-state index contributed by atoms with van der Waals surface area (Å²) in [4.78, 5) is 12.1. The highest BCUT2D eigenvalue weighted by atomic mass is 35.5. The zero-order chi connectivity index (χ0) is 11.4. The molecule has 0 spiro atoms. The lowest BCUT2D eigenvalue weighted by Crippen LogP contribution is -2.09. The number of imidazole rings is 1. The van der Waals surface area contributed by atoms with Gasteiger partial charge in [0.05, 0.1) is 6.20 Å². The molecule has 0 unspecified atom stereocenters. The lowest BCUT2D eigenvalue weighted by atomic mass is 10.4. The average molecular weight is 238 g/mol. The number of anilines is 1. The van der Waals surface area contributed by atoms with Gasteiger partial charge in [-0.1, -0.05) is 11.6 Å². The normalized spacial score (nSPS) is 10.4. The Balaban J connectivity index is 1.89. The summed E-state index contributed by atoms with van der Waals surface area (Å²) in [5.41, 5.74) is 0. The lowest BCUT2D eigenvalue weighted by molar-refractivity contribution is 0.788. The van der Waals surface area contributed by atoms with Gasteiger partial charge in [0.1, 0.15) is 23.0 Å². The van der Waals surface area contributed by atoms with E-state index in [1.807, 2.05) is 17.8 Å². The van der Waals surface area contributed by atoms with Crippen LogP contribution in [0.25, 0.3) is 0 Å². The van der Waals surface area contributed by atoms with Crippen LogP contribution in [-0.2, 0) is 13.5 Å². The summed E-state index contributed by atoms with van der Waals surface area (Å²) in [7, 11) is 1.97. The van der Waals surface area contributed by atoms with E-state index in [2.05, 4.69) is 20.3 Å². The summed E-state index contributed by atoms with van der Waals surface area (Å²) in [5, 5.41) is 3.67. The molecule has 2 rings (SSSR count). The molecule has 1 N–H and O–H groups in total. The van der Waals surface area contributed by atoms with E-state index in [1.165, 1.54) is 6.33 Å². The fraction of sp³-hybridized carbons (Fsp3) is 0.300. The Bertz CT molecular complexity index is 468. The highest BCUT2D eigenvalue weighted by Crippen LogP contribution is 2.15. The number of rotatable bonds is 4. The molecule has 0 bridgehead atoms. The van der Waals surface area contributed by atoms with Gasteiger partial charge in [0.2, 0.25) is 0 Å².